The molecule has 11 heteroatoms. The first-order chi connectivity index (χ1) is 26.2. The van der Waals surface area contributed by atoms with Crippen LogP contribution in [0.5, 0.6) is 0 Å². The third kappa shape index (κ3) is 38.7. The summed E-state index contributed by atoms with van der Waals surface area (Å²) in [5, 5.41) is 8.87. The molecule has 0 rings (SSSR count). The van der Waals surface area contributed by atoms with Crippen LogP contribution in [0.2, 0.25) is 0 Å². The molecule has 0 saturated carbocycles. The highest BCUT2D eigenvalue weighted by molar-refractivity contribution is 7.47. The number of carbonyl (C=O) groups is 2. The van der Waals surface area contributed by atoms with E-state index in [0.29, 0.717) is 13.0 Å². The number of phosphoric acid groups is 1. The summed E-state index contributed by atoms with van der Waals surface area (Å²) in [5.74, 6) is -1.78. The first-order valence-corrected chi connectivity index (χ1v) is 23.4. The molecule has 54 heavy (non-hydrogen) atoms. The predicted octanol–water partition coefficient (Wildman–Crippen LogP) is 11.9. The average molecular weight is 788 g/mol. The highest BCUT2D eigenvalue weighted by atomic mass is 31.2. The van der Waals surface area contributed by atoms with E-state index in [9.17, 15) is 19.0 Å². The highest BCUT2D eigenvalue weighted by Gasteiger charge is 2.27. The number of aliphatic carboxylic acids is 1. The summed E-state index contributed by atoms with van der Waals surface area (Å²) in [6.45, 7) is 3.86. The Balaban J connectivity index is 4.09. The summed E-state index contributed by atoms with van der Waals surface area (Å²) < 4.78 is 33.2. The quantitative estimate of drug-likeness (QED) is 0.0236. The molecule has 0 radical (unpaired) electrons. The molecule has 0 bridgehead atoms. The van der Waals surface area contributed by atoms with Gasteiger partial charge in [0.15, 0.2) is 0 Å². The van der Waals surface area contributed by atoms with Crippen molar-refractivity contribution in [3.8, 4) is 0 Å². The molecule has 3 atom stereocenters. The molecule has 0 aromatic rings. The number of carbonyl (C=O) groups excluding carboxylic acids is 1. The van der Waals surface area contributed by atoms with E-state index in [0.717, 1.165) is 44.9 Å². The lowest BCUT2D eigenvalue weighted by atomic mass is 10.0. The molecule has 0 aromatic carbocycles. The van der Waals surface area contributed by atoms with Crippen molar-refractivity contribution in [3.05, 3.63) is 24.3 Å². The lowest BCUT2D eigenvalue weighted by molar-refractivity contribution is -0.154. The normalized spacial score (nSPS) is 14.1. The molecule has 0 fully saturated rings. The van der Waals surface area contributed by atoms with E-state index in [1.54, 1.807) is 0 Å². The minimum absolute atomic E-state index is 0.0195. The molecule has 0 aliphatic carbocycles. The van der Waals surface area contributed by atoms with Gasteiger partial charge in [0, 0.05) is 13.0 Å². The number of carboxylic acids is 1. The second-order valence-corrected chi connectivity index (χ2v) is 16.3. The van der Waals surface area contributed by atoms with Gasteiger partial charge in [0.05, 0.1) is 19.8 Å². The largest absolute Gasteiger partial charge is 0.480 e. The number of hydrogen-bond acceptors (Lipinski definition) is 8. The molecule has 0 aromatic heterocycles. The number of allylic oxidation sites excluding steroid dienone is 4. The number of unbranched alkanes of at least 4 members (excludes halogenated alkanes) is 24. The average Bonchev–Trinajstić information content (AvgIpc) is 3.15. The molecule has 0 amide bonds. The van der Waals surface area contributed by atoms with Crippen LogP contribution in [0.15, 0.2) is 24.3 Å². The van der Waals surface area contributed by atoms with Crippen LogP contribution >= 0.6 is 7.82 Å². The number of phosphoric ester groups is 1. The van der Waals surface area contributed by atoms with Gasteiger partial charge in [-0.25, -0.2) is 4.57 Å². The molecule has 4 N–H and O–H groups in total. The summed E-state index contributed by atoms with van der Waals surface area (Å²) in [5.41, 5.74) is 5.34. The van der Waals surface area contributed by atoms with Crippen molar-refractivity contribution >= 4 is 19.8 Å². The number of ether oxygens (including phenoxy) is 2. The van der Waals surface area contributed by atoms with Crippen LogP contribution in [0.1, 0.15) is 200 Å². The minimum atomic E-state index is -4.61. The highest BCUT2D eigenvalue weighted by Crippen LogP contribution is 2.43. The third-order valence-electron chi connectivity index (χ3n) is 9.48. The SMILES string of the molecule is CCCCCCC/C=C\C/C=C\CCCCCCCCCCCCCC(=O)OC(COCCCCCCCCCCC)COP(=O)(O)OCC(N)C(=O)O. The van der Waals surface area contributed by atoms with E-state index < -0.39 is 45.1 Å². The monoisotopic (exact) mass is 788 g/mol. The lowest BCUT2D eigenvalue weighted by Crippen LogP contribution is -2.34. The van der Waals surface area contributed by atoms with Gasteiger partial charge in [-0.05, 0) is 44.9 Å². The smallest absolute Gasteiger partial charge is 0.472 e. The number of nitrogens with two attached hydrogens (primary N) is 1. The summed E-state index contributed by atoms with van der Waals surface area (Å²) in [6, 6.07) is -1.47. The van der Waals surface area contributed by atoms with Gasteiger partial charge in [-0.1, -0.05) is 173 Å². The zero-order valence-corrected chi connectivity index (χ0v) is 35.5. The van der Waals surface area contributed by atoms with E-state index in [1.807, 2.05) is 0 Å². The zero-order valence-electron chi connectivity index (χ0n) is 34.6. The molecular weight excluding hydrogens is 705 g/mol. The van der Waals surface area contributed by atoms with Gasteiger partial charge < -0.3 is 25.2 Å². The van der Waals surface area contributed by atoms with Crippen LogP contribution in [-0.2, 0) is 32.7 Å². The molecule has 0 aliphatic heterocycles. The maximum atomic E-state index is 12.6. The van der Waals surface area contributed by atoms with Gasteiger partial charge in [-0.15, -0.1) is 0 Å². The number of carboxylic acid groups (broad SMARTS) is 1. The Bertz CT molecular complexity index is 961. The molecule has 0 saturated heterocycles. The van der Waals surface area contributed by atoms with Crippen molar-refractivity contribution in [2.75, 3.05) is 26.4 Å². The summed E-state index contributed by atoms with van der Waals surface area (Å²) in [6.07, 6.45) is 42.4. The third-order valence-corrected chi connectivity index (χ3v) is 10.4. The van der Waals surface area contributed by atoms with Crippen molar-refractivity contribution in [2.45, 2.75) is 212 Å². The maximum Gasteiger partial charge on any atom is 0.472 e. The fourth-order valence-electron chi connectivity index (χ4n) is 6.05. The number of hydrogen-bond donors (Lipinski definition) is 3. The number of esters is 1. The Morgan fingerprint density at radius 2 is 1.02 bits per heavy atom. The Morgan fingerprint density at radius 1 is 0.593 bits per heavy atom. The summed E-state index contributed by atoms with van der Waals surface area (Å²) >= 11 is 0. The van der Waals surface area contributed by atoms with Crippen molar-refractivity contribution < 1.29 is 42.7 Å². The second kappa shape index (κ2) is 39.7. The predicted molar refractivity (Wildman–Crippen MR) is 222 cm³/mol. The van der Waals surface area contributed by atoms with E-state index in [-0.39, 0.29) is 13.0 Å². The van der Waals surface area contributed by atoms with Crippen molar-refractivity contribution in [1.82, 2.24) is 0 Å². The van der Waals surface area contributed by atoms with E-state index >= 15 is 0 Å². The van der Waals surface area contributed by atoms with Gasteiger partial charge >= 0.3 is 19.8 Å². The molecule has 0 heterocycles. The van der Waals surface area contributed by atoms with E-state index in [4.69, 9.17) is 29.4 Å². The molecule has 3 unspecified atom stereocenters. The van der Waals surface area contributed by atoms with Gasteiger partial charge in [-0.2, -0.15) is 0 Å². The van der Waals surface area contributed by atoms with E-state index in [2.05, 4.69) is 38.2 Å². The molecule has 0 aliphatic rings. The van der Waals surface area contributed by atoms with Gasteiger partial charge in [0.1, 0.15) is 12.1 Å². The fraction of sp³-hybridized carbons (Fsp3) is 0.860. The second-order valence-electron chi connectivity index (χ2n) is 14.8. The zero-order chi connectivity index (χ0) is 39.8. The van der Waals surface area contributed by atoms with Crippen molar-refractivity contribution in [1.29, 1.82) is 0 Å². The van der Waals surface area contributed by atoms with Crippen LogP contribution in [0.25, 0.3) is 0 Å². The van der Waals surface area contributed by atoms with E-state index in [1.165, 1.54) is 128 Å². The molecular formula is C43H82NO9P. The molecule has 0 spiro atoms. The van der Waals surface area contributed by atoms with Crippen LogP contribution in [0.3, 0.4) is 0 Å². The first-order valence-electron chi connectivity index (χ1n) is 21.9. The Morgan fingerprint density at radius 3 is 1.50 bits per heavy atom. The lowest BCUT2D eigenvalue weighted by Gasteiger charge is -2.20. The number of rotatable bonds is 42. The van der Waals surface area contributed by atoms with Crippen LogP contribution in [0.4, 0.5) is 0 Å². The van der Waals surface area contributed by atoms with Gasteiger partial charge in [-0.3, -0.25) is 18.6 Å². The minimum Gasteiger partial charge on any atom is -0.480 e. The Kier molecular flexibility index (Phi) is 38.5. The Labute approximate surface area is 330 Å². The topological polar surface area (TPSA) is 155 Å². The van der Waals surface area contributed by atoms with Crippen LogP contribution in [0, 0.1) is 0 Å². The Hall–Kier alpha value is -1.55. The summed E-state index contributed by atoms with van der Waals surface area (Å²) in [4.78, 5) is 33.4. The summed E-state index contributed by atoms with van der Waals surface area (Å²) in [7, 11) is -4.61. The van der Waals surface area contributed by atoms with Crippen LogP contribution < -0.4 is 5.73 Å². The fourth-order valence-corrected chi connectivity index (χ4v) is 6.82. The molecule has 318 valence electrons. The maximum absolute atomic E-state index is 12.6. The standard InChI is InChI=1S/C43H82NO9P/c1-3-5-7-9-11-13-14-15-16-17-18-19-20-21-22-23-24-25-26-27-29-31-33-35-42(45)53-40(38-51-54(48,49)52-39-41(44)43(46)47)37-50-36-34-32-30-28-12-10-8-6-4-2/h14-15,17-18,40-41H,3-13,16,19-39,44H2,1-2H3,(H,46,47)(H,48,49)/b15-14-,18-17-. The van der Waals surface area contributed by atoms with Crippen molar-refractivity contribution in [3.63, 3.8) is 0 Å². The van der Waals surface area contributed by atoms with Crippen LogP contribution in [-0.4, -0.2) is 60.5 Å². The first kappa shape index (κ1) is 52.5. The van der Waals surface area contributed by atoms with Gasteiger partial charge in [0.25, 0.3) is 0 Å². The van der Waals surface area contributed by atoms with Crippen molar-refractivity contribution in [2.24, 2.45) is 5.73 Å². The van der Waals surface area contributed by atoms with Gasteiger partial charge in [0.2, 0.25) is 0 Å². The molecule has 10 nitrogen and oxygen atoms in total.